The van der Waals surface area contributed by atoms with Crippen LogP contribution in [-0.4, -0.2) is 41.5 Å². The second kappa shape index (κ2) is 6.45. The third-order valence-corrected chi connectivity index (χ3v) is 4.00. The molecule has 1 heterocycles. The van der Waals surface area contributed by atoms with E-state index in [2.05, 4.69) is 20.8 Å². The number of hydrogen-bond donors (Lipinski definition) is 1. The van der Waals surface area contributed by atoms with Gasteiger partial charge < -0.3 is 10.0 Å². The number of β-amino-alcohol motifs (C(OH)–C–C–N with tert-alkyl or cyclic N) is 1. The fourth-order valence-corrected chi connectivity index (χ4v) is 2.82. The van der Waals surface area contributed by atoms with Crippen molar-refractivity contribution in [1.29, 1.82) is 0 Å². The minimum atomic E-state index is -0.225. The van der Waals surface area contributed by atoms with E-state index in [0.717, 1.165) is 36.0 Å². The molecule has 18 heavy (non-hydrogen) atoms. The molecule has 3 nitrogen and oxygen atoms in total. The Morgan fingerprint density at radius 2 is 2.22 bits per heavy atom. The maximum atomic E-state index is 12.1. The Morgan fingerprint density at radius 3 is 2.94 bits per heavy atom. The molecule has 1 aromatic carbocycles. The molecule has 0 amide bonds. The van der Waals surface area contributed by atoms with E-state index < -0.39 is 0 Å². The van der Waals surface area contributed by atoms with Gasteiger partial charge in [-0.2, -0.15) is 0 Å². The number of aliphatic hydroxyl groups is 1. The fraction of sp³-hybridized carbons (Fsp3) is 0.500. The number of likely N-dealkylation sites (tertiary alicyclic amines) is 1. The molecule has 1 aromatic rings. The zero-order chi connectivity index (χ0) is 13.0. The van der Waals surface area contributed by atoms with Gasteiger partial charge in [-0.1, -0.05) is 34.1 Å². The average Bonchev–Trinajstić information content (AvgIpc) is 2.37. The number of ketones is 1. The number of hydrogen-bond acceptors (Lipinski definition) is 3. The van der Waals surface area contributed by atoms with Gasteiger partial charge in [-0.15, -0.1) is 0 Å². The molecule has 1 fully saturated rings. The van der Waals surface area contributed by atoms with Gasteiger partial charge in [0.2, 0.25) is 0 Å². The van der Waals surface area contributed by atoms with E-state index in [4.69, 9.17) is 0 Å². The van der Waals surface area contributed by atoms with Crippen LogP contribution >= 0.6 is 15.9 Å². The summed E-state index contributed by atoms with van der Waals surface area (Å²) in [5, 5.41) is 9.57. The number of rotatable bonds is 4. The highest BCUT2D eigenvalue weighted by molar-refractivity contribution is 9.10. The number of halogens is 1. The Labute approximate surface area is 116 Å². The van der Waals surface area contributed by atoms with Crippen LogP contribution in [0.3, 0.4) is 0 Å². The SMILES string of the molecule is O=C(CCN1CCCC(O)C1)c1ccccc1Br. The first kappa shape index (κ1) is 13.7. The second-order valence-corrected chi connectivity index (χ2v) is 5.60. The molecule has 1 atom stereocenters. The van der Waals surface area contributed by atoms with E-state index in [1.54, 1.807) is 0 Å². The molecule has 1 aliphatic heterocycles. The van der Waals surface area contributed by atoms with Crippen molar-refractivity contribution in [2.75, 3.05) is 19.6 Å². The molecule has 1 aliphatic rings. The first-order chi connectivity index (χ1) is 8.66. The van der Waals surface area contributed by atoms with E-state index in [0.29, 0.717) is 13.0 Å². The molecule has 0 saturated carbocycles. The topological polar surface area (TPSA) is 40.5 Å². The highest BCUT2D eigenvalue weighted by Gasteiger charge is 2.18. The van der Waals surface area contributed by atoms with Crippen molar-refractivity contribution in [2.45, 2.75) is 25.4 Å². The molecule has 0 bridgehead atoms. The van der Waals surface area contributed by atoms with E-state index >= 15 is 0 Å². The van der Waals surface area contributed by atoms with Crippen LogP contribution in [0.1, 0.15) is 29.6 Å². The molecular formula is C14H18BrNO2. The van der Waals surface area contributed by atoms with E-state index in [9.17, 15) is 9.90 Å². The Bertz CT molecular complexity index is 422. The van der Waals surface area contributed by atoms with Gasteiger partial charge in [0.05, 0.1) is 6.10 Å². The van der Waals surface area contributed by atoms with Crippen LogP contribution in [0.25, 0.3) is 0 Å². The Hall–Kier alpha value is -0.710. The average molecular weight is 312 g/mol. The normalized spacial score (nSPS) is 20.9. The summed E-state index contributed by atoms with van der Waals surface area (Å²) in [6.45, 7) is 2.42. The van der Waals surface area contributed by atoms with Gasteiger partial charge in [0, 0.05) is 29.5 Å². The second-order valence-electron chi connectivity index (χ2n) is 4.75. The van der Waals surface area contributed by atoms with Crippen LogP contribution in [0, 0.1) is 0 Å². The van der Waals surface area contributed by atoms with Crippen molar-refractivity contribution >= 4 is 21.7 Å². The first-order valence-electron chi connectivity index (χ1n) is 6.35. The maximum Gasteiger partial charge on any atom is 0.165 e. The lowest BCUT2D eigenvalue weighted by atomic mass is 10.1. The highest BCUT2D eigenvalue weighted by Crippen LogP contribution is 2.18. The number of piperidine rings is 1. The summed E-state index contributed by atoms with van der Waals surface area (Å²) < 4.78 is 0.855. The van der Waals surface area contributed by atoms with Gasteiger partial charge in [-0.25, -0.2) is 0 Å². The maximum absolute atomic E-state index is 12.1. The predicted molar refractivity (Wildman–Crippen MR) is 74.8 cm³/mol. The third kappa shape index (κ3) is 3.64. The molecule has 1 unspecified atom stereocenters. The van der Waals surface area contributed by atoms with Gasteiger partial charge in [0.1, 0.15) is 0 Å². The zero-order valence-corrected chi connectivity index (χ0v) is 11.9. The van der Waals surface area contributed by atoms with Crippen LogP contribution in [0.15, 0.2) is 28.7 Å². The molecule has 0 radical (unpaired) electrons. The number of carbonyl (C=O) groups is 1. The van der Waals surface area contributed by atoms with Crippen molar-refractivity contribution in [2.24, 2.45) is 0 Å². The number of Topliss-reactive ketones (excluding diaryl/α,β-unsaturated/α-hetero) is 1. The van der Waals surface area contributed by atoms with Crippen LogP contribution < -0.4 is 0 Å². The Balaban J connectivity index is 1.87. The molecular weight excluding hydrogens is 294 g/mol. The molecule has 98 valence electrons. The number of aliphatic hydroxyl groups excluding tert-OH is 1. The molecule has 4 heteroatoms. The van der Waals surface area contributed by atoms with E-state index in [1.165, 1.54) is 0 Å². The molecule has 0 aliphatic carbocycles. The molecule has 1 N–H and O–H groups in total. The van der Waals surface area contributed by atoms with Gasteiger partial charge in [0.25, 0.3) is 0 Å². The lowest BCUT2D eigenvalue weighted by molar-refractivity contribution is 0.0670. The van der Waals surface area contributed by atoms with Gasteiger partial charge in [-0.3, -0.25) is 4.79 Å². The summed E-state index contributed by atoms with van der Waals surface area (Å²) in [7, 11) is 0. The first-order valence-corrected chi connectivity index (χ1v) is 7.14. The smallest absolute Gasteiger partial charge is 0.165 e. The summed E-state index contributed by atoms with van der Waals surface area (Å²) >= 11 is 3.40. The van der Waals surface area contributed by atoms with Crippen molar-refractivity contribution in [3.63, 3.8) is 0 Å². The molecule has 2 rings (SSSR count). The van der Waals surface area contributed by atoms with Crippen molar-refractivity contribution in [3.8, 4) is 0 Å². The zero-order valence-electron chi connectivity index (χ0n) is 10.3. The van der Waals surface area contributed by atoms with E-state index in [1.807, 2.05) is 24.3 Å². The van der Waals surface area contributed by atoms with E-state index in [-0.39, 0.29) is 11.9 Å². The minimum absolute atomic E-state index is 0.155. The summed E-state index contributed by atoms with van der Waals surface area (Å²) in [5.41, 5.74) is 0.745. The van der Waals surface area contributed by atoms with Crippen molar-refractivity contribution < 1.29 is 9.90 Å². The molecule has 0 spiro atoms. The summed E-state index contributed by atoms with van der Waals surface area (Å²) in [6, 6.07) is 7.51. The number of benzene rings is 1. The quantitative estimate of drug-likeness (QED) is 0.868. The van der Waals surface area contributed by atoms with Gasteiger partial charge >= 0.3 is 0 Å². The molecule has 0 aromatic heterocycles. The highest BCUT2D eigenvalue weighted by atomic mass is 79.9. The Morgan fingerprint density at radius 1 is 1.44 bits per heavy atom. The number of nitrogens with zero attached hydrogens (tertiary/aromatic N) is 1. The minimum Gasteiger partial charge on any atom is -0.392 e. The largest absolute Gasteiger partial charge is 0.392 e. The fourth-order valence-electron chi connectivity index (χ4n) is 2.32. The number of carbonyl (C=O) groups excluding carboxylic acids is 1. The monoisotopic (exact) mass is 311 g/mol. The van der Waals surface area contributed by atoms with Crippen molar-refractivity contribution in [1.82, 2.24) is 4.90 Å². The lowest BCUT2D eigenvalue weighted by Crippen LogP contribution is -2.39. The van der Waals surface area contributed by atoms with Gasteiger partial charge in [-0.05, 0) is 25.5 Å². The van der Waals surface area contributed by atoms with Crippen LogP contribution in [0.5, 0.6) is 0 Å². The van der Waals surface area contributed by atoms with Crippen LogP contribution in [0.2, 0.25) is 0 Å². The summed E-state index contributed by atoms with van der Waals surface area (Å²) in [4.78, 5) is 14.2. The van der Waals surface area contributed by atoms with Gasteiger partial charge in [0.15, 0.2) is 5.78 Å². The Kier molecular flexibility index (Phi) is 4.92. The molecule has 1 saturated heterocycles. The standard InChI is InChI=1S/C14H18BrNO2/c15-13-6-2-1-5-12(13)14(18)7-9-16-8-3-4-11(17)10-16/h1-2,5-6,11,17H,3-4,7-10H2. The summed E-state index contributed by atoms with van der Waals surface area (Å²) in [6.07, 6.45) is 2.19. The predicted octanol–water partition coefficient (Wildman–Crippen LogP) is 2.48. The van der Waals surface area contributed by atoms with Crippen LogP contribution in [0.4, 0.5) is 0 Å². The summed E-state index contributed by atoms with van der Waals surface area (Å²) in [5.74, 6) is 0.155. The van der Waals surface area contributed by atoms with Crippen molar-refractivity contribution in [3.05, 3.63) is 34.3 Å². The van der Waals surface area contributed by atoms with Crippen LogP contribution in [-0.2, 0) is 0 Å². The third-order valence-electron chi connectivity index (χ3n) is 3.31. The lowest BCUT2D eigenvalue weighted by Gasteiger charge is -2.29.